The molecule has 0 bridgehead atoms. The second-order valence-electron chi connectivity index (χ2n) is 7.52. The summed E-state index contributed by atoms with van der Waals surface area (Å²) in [7, 11) is -4.92. The topological polar surface area (TPSA) is 232 Å². The van der Waals surface area contributed by atoms with E-state index in [0.717, 1.165) is 18.2 Å². The van der Waals surface area contributed by atoms with Crippen molar-refractivity contribution in [3.63, 3.8) is 0 Å². The Balaban J connectivity index is 1.92. The Kier molecular flexibility index (Phi) is 8.10. The van der Waals surface area contributed by atoms with Crippen LogP contribution >= 0.6 is 12.0 Å². The maximum absolute atomic E-state index is 12.2. The normalized spacial score (nSPS) is 12.1. The molecule has 0 unspecified atom stereocenters. The van der Waals surface area contributed by atoms with E-state index in [4.69, 9.17) is 11.0 Å². The Hall–Kier alpha value is -4.52. The summed E-state index contributed by atoms with van der Waals surface area (Å²) in [6.45, 7) is 0. The Morgan fingerprint density at radius 1 is 0.923 bits per heavy atom. The third-order valence-electron chi connectivity index (χ3n) is 5.09. The number of nitrogens with zero attached hydrogens (tertiary/aromatic N) is 5. The number of nitrogen functional groups attached to an aromatic ring is 1. The van der Waals surface area contributed by atoms with Gasteiger partial charge in [0.1, 0.15) is 16.3 Å². The van der Waals surface area contributed by atoms with Crippen molar-refractivity contribution in [2.75, 3.05) is 5.73 Å². The summed E-state index contributed by atoms with van der Waals surface area (Å²) >= 11 is 0.417. The number of benzene rings is 4. The summed E-state index contributed by atoms with van der Waals surface area (Å²) in [4.78, 5) is 9.52. The van der Waals surface area contributed by atoms with Crippen LogP contribution < -0.4 is 5.73 Å². The van der Waals surface area contributed by atoms with Gasteiger partial charge in [-0.2, -0.15) is 18.6 Å². The van der Waals surface area contributed by atoms with Gasteiger partial charge in [0.2, 0.25) is 0 Å². The first-order valence-corrected chi connectivity index (χ1v) is 12.7. The number of phenols is 1. The first-order chi connectivity index (χ1) is 18.6. The average Bonchev–Trinajstić information content (AvgIpc) is 2.90. The van der Waals surface area contributed by atoms with Crippen LogP contribution in [-0.4, -0.2) is 28.3 Å². The van der Waals surface area contributed by atoms with E-state index in [1.54, 1.807) is 30.3 Å². The molecule has 0 fully saturated rings. The van der Waals surface area contributed by atoms with Crippen molar-refractivity contribution < 1.29 is 37.6 Å². The first kappa shape index (κ1) is 27.5. The first-order valence-electron chi connectivity index (χ1n) is 10.5. The van der Waals surface area contributed by atoms with Crippen LogP contribution in [0.4, 0.5) is 34.1 Å². The van der Waals surface area contributed by atoms with E-state index in [1.165, 1.54) is 18.2 Å². The molecule has 15 nitrogen and oxygen atoms in total. The minimum atomic E-state index is -4.92. The number of azo groups is 2. The number of aromatic hydroxyl groups is 1. The van der Waals surface area contributed by atoms with Gasteiger partial charge in [-0.1, -0.05) is 23.2 Å². The molecule has 0 heterocycles. The molecular formula is C22H16N6O9S2. The van der Waals surface area contributed by atoms with Crippen LogP contribution in [-0.2, 0) is 19.5 Å². The van der Waals surface area contributed by atoms with Crippen LogP contribution in [0.15, 0.2) is 97.0 Å². The van der Waals surface area contributed by atoms with Gasteiger partial charge in [-0.25, -0.2) is 5.26 Å². The van der Waals surface area contributed by atoms with Crippen LogP contribution in [0, 0.1) is 10.1 Å². The monoisotopic (exact) mass is 572 g/mol. The van der Waals surface area contributed by atoms with Crippen molar-refractivity contribution in [3.05, 3.63) is 76.8 Å². The highest BCUT2D eigenvalue weighted by atomic mass is 32.2. The molecule has 0 atom stereocenters. The van der Waals surface area contributed by atoms with E-state index >= 15 is 0 Å². The van der Waals surface area contributed by atoms with Crippen LogP contribution in [0.25, 0.3) is 10.8 Å². The molecule has 0 saturated heterocycles. The standard InChI is InChI=1S/C22H16N6O9S2/c23-19-18-12(10-16(38-37-36-32)20(22(18)29)26-24-13-4-2-1-3-5-13)11-17(39(33,34)35)21(19)27-25-14-6-8-15(9-7-14)28(30)31/h1-11,29,32H,23H2,(H,33,34,35). The number of non-ortho nitro benzene ring substituents is 1. The summed E-state index contributed by atoms with van der Waals surface area (Å²) in [5.74, 6) is -0.567. The van der Waals surface area contributed by atoms with Crippen molar-refractivity contribution in [1.82, 2.24) is 0 Å². The number of rotatable bonds is 9. The van der Waals surface area contributed by atoms with Crippen molar-refractivity contribution >= 4 is 67.1 Å². The van der Waals surface area contributed by atoms with E-state index in [1.807, 2.05) is 0 Å². The molecule has 200 valence electrons. The third kappa shape index (κ3) is 6.14. The van der Waals surface area contributed by atoms with Crippen LogP contribution in [0.1, 0.15) is 0 Å². The molecular weight excluding hydrogens is 556 g/mol. The van der Waals surface area contributed by atoms with E-state index in [9.17, 15) is 28.2 Å². The summed E-state index contributed by atoms with van der Waals surface area (Å²) in [6, 6.07) is 15.6. The predicted molar refractivity (Wildman–Crippen MR) is 138 cm³/mol. The quantitative estimate of drug-likeness (QED) is 0.0319. The van der Waals surface area contributed by atoms with E-state index < -0.39 is 37.1 Å². The minimum Gasteiger partial charge on any atom is -0.505 e. The molecule has 39 heavy (non-hydrogen) atoms. The van der Waals surface area contributed by atoms with Gasteiger partial charge in [0.15, 0.2) is 5.75 Å². The smallest absolute Gasteiger partial charge is 0.296 e. The summed E-state index contributed by atoms with van der Waals surface area (Å²) in [6.07, 6.45) is 0. The Bertz CT molecular complexity index is 1710. The maximum Gasteiger partial charge on any atom is 0.296 e. The molecule has 0 spiro atoms. The van der Waals surface area contributed by atoms with Gasteiger partial charge < -0.3 is 10.8 Å². The van der Waals surface area contributed by atoms with E-state index in [2.05, 4.69) is 29.8 Å². The highest BCUT2D eigenvalue weighted by molar-refractivity contribution is 7.94. The fraction of sp³-hybridized carbons (Fsp3) is 0. The summed E-state index contributed by atoms with van der Waals surface area (Å²) in [5.41, 5.74) is 5.46. The number of nitrogens with two attached hydrogens (primary N) is 1. The minimum absolute atomic E-state index is 0.00890. The molecule has 4 rings (SSSR count). The molecule has 0 saturated carbocycles. The summed E-state index contributed by atoms with van der Waals surface area (Å²) in [5, 5.41) is 49.9. The number of hydrogen-bond acceptors (Lipinski definition) is 14. The number of nitro groups is 1. The predicted octanol–water partition coefficient (Wildman–Crippen LogP) is 6.54. The highest BCUT2D eigenvalue weighted by Gasteiger charge is 2.25. The summed E-state index contributed by atoms with van der Waals surface area (Å²) < 4.78 is 38.7. The lowest BCUT2D eigenvalue weighted by molar-refractivity contribution is -0.432. The molecule has 0 aliphatic carbocycles. The number of fused-ring (bicyclic) bond motifs is 1. The van der Waals surface area contributed by atoms with Crippen LogP contribution in [0.3, 0.4) is 0 Å². The van der Waals surface area contributed by atoms with E-state index in [-0.39, 0.29) is 32.7 Å². The van der Waals surface area contributed by atoms with Crippen LogP contribution in [0.2, 0.25) is 0 Å². The number of phenolic OH excluding ortho intramolecular Hbond substituents is 1. The second-order valence-corrected chi connectivity index (χ2v) is 9.65. The lowest BCUT2D eigenvalue weighted by Crippen LogP contribution is -2.02. The highest BCUT2D eigenvalue weighted by Crippen LogP contribution is 2.49. The van der Waals surface area contributed by atoms with Crippen molar-refractivity contribution in [1.29, 1.82) is 0 Å². The molecule has 0 aromatic heterocycles. The molecule has 5 N–H and O–H groups in total. The molecule has 17 heteroatoms. The second kappa shape index (κ2) is 11.5. The lowest BCUT2D eigenvalue weighted by atomic mass is 10.1. The molecule has 0 aliphatic heterocycles. The zero-order chi connectivity index (χ0) is 28.2. The average molecular weight is 573 g/mol. The number of hydrogen-bond donors (Lipinski definition) is 4. The Morgan fingerprint density at radius 3 is 2.13 bits per heavy atom. The zero-order valence-corrected chi connectivity index (χ0v) is 20.9. The van der Waals surface area contributed by atoms with Crippen molar-refractivity contribution in [2.24, 2.45) is 20.5 Å². The molecule has 4 aromatic rings. The molecule has 0 aliphatic rings. The van der Waals surface area contributed by atoms with Gasteiger partial charge in [-0.3, -0.25) is 14.7 Å². The lowest BCUT2D eigenvalue weighted by Gasteiger charge is -2.14. The number of anilines is 1. The van der Waals surface area contributed by atoms with Gasteiger partial charge >= 0.3 is 0 Å². The fourth-order valence-corrected chi connectivity index (χ4v) is 4.54. The SMILES string of the molecule is Nc1c(N=Nc2ccc([N+](=O)[O-])cc2)c(S(=O)(=O)O)cc2cc(SOOO)c(N=Nc3ccccc3)c(O)c12. The Morgan fingerprint density at radius 2 is 1.54 bits per heavy atom. The van der Waals surface area contributed by atoms with Gasteiger partial charge in [-0.05, 0) is 41.8 Å². The molecule has 4 aromatic carbocycles. The van der Waals surface area contributed by atoms with Crippen molar-refractivity contribution in [3.8, 4) is 5.75 Å². The third-order valence-corrected chi connectivity index (χ3v) is 6.58. The number of nitro benzene ring substituents is 1. The van der Waals surface area contributed by atoms with Crippen molar-refractivity contribution in [2.45, 2.75) is 9.79 Å². The largest absolute Gasteiger partial charge is 0.505 e. The van der Waals surface area contributed by atoms with Gasteiger partial charge in [0.05, 0.1) is 44.3 Å². The van der Waals surface area contributed by atoms with Gasteiger partial charge in [0.25, 0.3) is 15.8 Å². The fourth-order valence-electron chi connectivity index (χ4n) is 3.37. The van der Waals surface area contributed by atoms with E-state index in [0.29, 0.717) is 17.7 Å². The maximum atomic E-state index is 12.2. The molecule has 0 radical (unpaired) electrons. The Labute approximate surface area is 223 Å². The van der Waals surface area contributed by atoms with Crippen LogP contribution in [0.5, 0.6) is 5.75 Å². The molecule has 0 amide bonds. The zero-order valence-electron chi connectivity index (χ0n) is 19.3. The van der Waals surface area contributed by atoms with Gasteiger partial charge in [0, 0.05) is 12.1 Å². The van der Waals surface area contributed by atoms with Gasteiger partial charge in [-0.15, -0.1) is 14.6 Å².